The number of hydrogen-bond acceptors (Lipinski definition) is 3. The van der Waals surface area contributed by atoms with Crippen LogP contribution in [-0.4, -0.2) is 8.42 Å². The summed E-state index contributed by atoms with van der Waals surface area (Å²) in [5.74, 6) is -3.35. The van der Waals surface area contributed by atoms with Crippen LogP contribution in [0.15, 0.2) is 35.2 Å². The molecule has 21 heavy (non-hydrogen) atoms. The fourth-order valence-electron chi connectivity index (χ4n) is 1.53. The number of anilines is 2. The summed E-state index contributed by atoms with van der Waals surface area (Å²) in [6, 6.07) is 4.10. The van der Waals surface area contributed by atoms with Crippen LogP contribution >= 0.6 is 11.6 Å². The molecule has 0 aromatic heterocycles. The minimum atomic E-state index is -4.49. The first-order valence-electron chi connectivity index (χ1n) is 5.43. The lowest BCUT2D eigenvalue weighted by atomic mass is 10.3. The van der Waals surface area contributed by atoms with E-state index in [-0.39, 0.29) is 5.02 Å². The van der Waals surface area contributed by atoms with Crippen LogP contribution in [-0.2, 0) is 10.0 Å². The van der Waals surface area contributed by atoms with Crippen LogP contribution in [0.1, 0.15) is 0 Å². The van der Waals surface area contributed by atoms with Crippen molar-refractivity contribution in [1.82, 2.24) is 0 Å². The monoisotopic (exact) mass is 336 g/mol. The van der Waals surface area contributed by atoms with Crippen LogP contribution in [0.25, 0.3) is 0 Å². The van der Waals surface area contributed by atoms with Crippen molar-refractivity contribution in [3.63, 3.8) is 0 Å². The molecule has 0 saturated heterocycles. The predicted octanol–water partition coefficient (Wildman–Crippen LogP) is 3.14. The standard InChI is InChI=1S/C12H8ClF3N2O2S/c13-6-1-2-7(14)11(3-6)18-21(19,20)12-5-10(17)8(15)4-9(12)16/h1-5,18H,17H2. The third-order valence-corrected chi connectivity index (χ3v) is 4.13. The Labute approximate surface area is 123 Å². The van der Waals surface area contributed by atoms with E-state index in [0.717, 1.165) is 12.1 Å². The molecule has 112 valence electrons. The van der Waals surface area contributed by atoms with Crippen molar-refractivity contribution >= 4 is 33.0 Å². The van der Waals surface area contributed by atoms with Gasteiger partial charge in [0.2, 0.25) is 0 Å². The molecule has 0 unspecified atom stereocenters. The first kappa shape index (κ1) is 15.5. The normalized spacial score (nSPS) is 11.4. The van der Waals surface area contributed by atoms with Gasteiger partial charge in [-0.1, -0.05) is 11.6 Å². The highest BCUT2D eigenvalue weighted by Gasteiger charge is 2.22. The summed E-state index contributed by atoms with van der Waals surface area (Å²) in [7, 11) is -4.49. The lowest BCUT2D eigenvalue weighted by Gasteiger charge is -2.11. The molecule has 2 aromatic rings. The Hall–Kier alpha value is -1.93. The second-order valence-corrected chi connectivity index (χ2v) is 6.12. The van der Waals surface area contributed by atoms with E-state index < -0.39 is 43.7 Å². The van der Waals surface area contributed by atoms with Gasteiger partial charge in [-0.25, -0.2) is 21.6 Å². The Bertz CT molecular complexity index is 812. The lowest BCUT2D eigenvalue weighted by molar-refractivity contribution is 0.552. The molecule has 0 radical (unpaired) electrons. The summed E-state index contributed by atoms with van der Waals surface area (Å²) in [5.41, 5.74) is 4.18. The molecule has 0 aliphatic carbocycles. The topological polar surface area (TPSA) is 72.2 Å². The average molecular weight is 337 g/mol. The van der Waals surface area contributed by atoms with Gasteiger partial charge in [-0.2, -0.15) is 0 Å². The molecule has 0 aliphatic heterocycles. The molecule has 2 aromatic carbocycles. The molecule has 0 saturated carbocycles. The molecular formula is C12H8ClF3N2O2S. The average Bonchev–Trinajstić information content (AvgIpc) is 2.37. The first-order valence-corrected chi connectivity index (χ1v) is 7.29. The molecule has 0 spiro atoms. The minimum Gasteiger partial charge on any atom is -0.396 e. The quantitative estimate of drug-likeness (QED) is 0.846. The number of nitrogen functional groups attached to an aromatic ring is 1. The number of nitrogens with two attached hydrogens (primary N) is 1. The van der Waals surface area contributed by atoms with E-state index in [2.05, 4.69) is 0 Å². The fourth-order valence-corrected chi connectivity index (χ4v) is 2.85. The van der Waals surface area contributed by atoms with E-state index in [1.54, 1.807) is 0 Å². The van der Waals surface area contributed by atoms with Gasteiger partial charge in [0, 0.05) is 11.1 Å². The molecule has 0 heterocycles. The van der Waals surface area contributed by atoms with Crippen molar-refractivity contribution < 1.29 is 21.6 Å². The molecule has 0 atom stereocenters. The first-order chi connectivity index (χ1) is 9.70. The zero-order valence-corrected chi connectivity index (χ0v) is 11.8. The fraction of sp³-hybridized carbons (Fsp3) is 0. The van der Waals surface area contributed by atoms with Gasteiger partial charge >= 0.3 is 0 Å². The molecule has 3 N–H and O–H groups in total. The largest absolute Gasteiger partial charge is 0.396 e. The van der Waals surface area contributed by atoms with E-state index in [9.17, 15) is 21.6 Å². The Balaban J connectivity index is 2.48. The second-order valence-electron chi connectivity index (χ2n) is 4.03. The van der Waals surface area contributed by atoms with E-state index in [4.69, 9.17) is 17.3 Å². The van der Waals surface area contributed by atoms with E-state index in [0.29, 0.717) is 12.1 Å². The van der Waals surface area contributed by atoms with Crippen molar-refractivity contribution in [2.24, 2.45) is 0 Å². The summed E-state index contributed by atoms with van der Waals surface area (Å²) in [4.78, 5) is -0.902. The molecule has 0 bridgehead atoms. The zero-order chi connectivity index (χ0) is 15.8. The van der Waals surface area contributed by atoms with Crippen LogP contribution < -0.4 is 10.5 Å². The molecule has 4 nitrogen and oxygen atoms in total. The van der Waals surface area contributed by atoms with Gasteiger partial charge in [0.05, 0.1) is 11.4 Å². The van der Waals surface area contributed by atoms with Gasteiger partial charge in [-0.15, -0.1) is 0 Å². The van der Waals surface area contributed by atoms with Gasteiger partial charge in [0.15, 0.2) is 0 Å². The van der Waals surface area contributed by atoms with E-state index in [1.807, 2.05) is 4.72 Å². The predicted molar refractivity (Wildman–Crippen MR) is 73.0 cm³/mol. The van der Waals surface area contributed by atoms with Crippen LogP contribution in [0.5, 0.6) is 0 Å². The van der Waals surface area contributed by atoms with Crippen LogP contribution in [0.4, 0.5) is 24.5 Å². The molecular weight excluding hydrogens is 329 g/mol. The lowest BCUT2D eigenvalue weighted by Crippen LogP contribution is -2.16. The number of rotatable bonds is 3. The van der Waals surface area contributed by atoms with E-state index in [1.165, 1.54) is 6.07 Å². The van der Waals surface area contributed by atoms with Crippen molar-refractivity contribution in [3.8, 4) is 0 Å². The third kappa shape index (κ3) is 3.22. The summed E-state index contributed by atoms with van der Waals surface area (Å²) >= 11 is 5.62. The van der Waals surface area contributed by atoms with Gasteiger partial charge in [-0.05, 0) is 24.3 Å². The van der Waals surface area contributed by atoms with E-state index >= 15 is 0 Å². The highest BCUT2D eigenvalue weighted by atomic mass is 35.5. The number of nitrogens with one attached hydrogen (secondary N) is 1. The maximum atomic E-state index is 13.6. The summed E-state index contributed by atoms with van der Waals surface area (Å²) in [6.45, 7) is 0. The molecule has 9 heteroatoms. The highest BCUT2D eigenvalue weighted by molar-refractivity contribution is 7.92. The Morgan fingerprint density at radius 2 is 1.67 bits per heavy atom. The van der Waals surface area contributed by atoms with Crippen molar-refractivity contribution in [2.45, 2.75) is 4.90 Å². The summed E-state index contributed by atoms with van der Waals surface area (Å²) < 4.78 is 66.0. The van der Waals surface area contributed by atoms with Crippen molar-refractivity contribution in [1.29, 1.82) is 0 Å². The number of halogens is 4. The SMILES string of the molecule is Nc1cc(S(=O)(=O)Nc2cc(Cl)ccc2F)c(F)cc1F. The van der Waals surface area contributed by atoms with Crippen LogP contribution in [0.2, 0.25) is 5.02 Å². The van der Waals surface area contributed by atoms with Crippen LogP contribution in [0.3, 0.4) is 0 Å². The van der Waals surface area contributed by atoms with Crippen molar-refractivity contribution in [2.75, 3.05) is 10.5 Å². The highest BCUT2D eigenvalue weighted by Crippen LogP contribution is 2.26. The molecule has 0 aliphatic rings. The van der Waals surface area contributed by atoms with Gasteiger partial charge in [0.25, 0.3) is 10.0 Å². The summed E-state index contributed by atoms with van der Waals surface area (Å²) in [5, 5.41) is 0.0770. The second kappa shape index (κ2) is 5.45. The van der Waals surface area contributed by atoms with Gasteiger partial charge in [-0.3, -0.25) is 4.72 Å². The third-order valence-electron chi connectivity index (χ3n) is 2.51. The van der Waals surface area contributed by atoms with Crippen molar-refractivity contribution in [3.05, 3.63) is 52.8 Å². The Morgan fingerprint density at radius 3 is 2.33 bits per heavy atom. The molecule has 2 rings (SSSR count). The number of hydrogen-bond donors (Lipinski definition) is 2. The van der Waals surface area contributed by atoms with Crippen LogP contribution in [0, 0.1) is 17.5 Å². The maximum absolute atomic E-state index is 13.6. The maximum Gasteiger partial charge on any atom is 0.264 e. The molecule has 0 fully saturated rings. The number of benzene rings is 2. The zero-order valence-electron chi connectivity index (χ0n) is 10.2. The Kier molecular flexibility index (Phi) is 4.02. The molecule has 0 amide bonds. The number of sulfonamides is 1. The van der Waals surface area contributed by atoms with Gasteiger partial charge in [0.1, 0.15) is 22.3 Å². The minimum absolute atomic E-state index is 0.0770. The van der Waals surface area contributed by atoms with Gasteiger partial charge < -0.3 is 5.73 Å². The summed E-state index contributed by atoms with van der Waals surface area (Å²) in [6.07, 6.45) is 0. The Morgan fingerprint density at radius 1 is 1.00 bits per heavy atom. The smallest absolute Gasteiger partial charge is 0.264 e.